The van der Waals surface area contributed by atoms with E-state index in [0.717, 1.165) is 12.8 Å². The molecule has 3 rings (SSSR count). The van der Waals surface area contributed by atoms with E-state index < -0.39 is 4.92 Å². The maximum atomic E-state index is 12.2. The number of halogens is 1. The highest BCUT2D eigenvalue weighted by Crippen LogP contribution is 2.33. The SMILES string of the molecule is Cc1c(NC(=O)CC2CC3CCC(C2)N3)cccc1[N+](=O)[O-].Cl. The number of anilines is 1. The maximum Gasteiger partial charge on any atom is 0.274 e. The van der Waals surface area contributed by atoms with E-state index >= 15 is 0 Å². The van der Waals surface area contributed by atoms with Crippen LogP contribution in [0.1, 0.15) is 37.7 Å². The van der Waals surface area contributed by atoms with Crippen LogP contribution < -0.4 is 10.6 Å². The summed E-state index contributed by atoms with van der Waals surface area (Å²) >= 11 is 0. The van der Waals surface area contributed by atoms with E-state index in [4.69, 9.17) is 0 Å². The lowest BCUT2D eigenvalue weighted by Crippen LogP contribution is -2.39. The van der Waals surface area contributed by atoms with Crippen molar-refractivity contribution in [1.82, 2.24) is 5.32 Å². The van der Waals surface area contributed by atoms with Gasteiger partial charge in [-0.1, -0.05) is 6.07 Å². The number of carbonyl (C=O) groups is 1. The molecule has 0 saturated carbocycles. The third-order valence-electron chi connectivity index (χ3n) is 4.82. The highest BCUT2D eigenvalue weighted by atomic mass is 35.5. The van der Waals surface area contributed by atoms with E-state index in [-0.39, 0.29) is 24.0 Å². The Morgan fingerprint density at radius 2 is 2.00 bits per heavy atom. The van der Waals surface area contributed by atoms with Crippen LogP contribution in [0.4, 0.5) is 11.4 Å². The zero-order valence-corrected chi connectivity index (χ0v) is 13.9. The summed E-state index contributed by atoms with van der Waals surface area (Å²) in [4.78, 5) is 22.8. The third-order valence-corrected chi connectivity index (χ3v) is 4.82. The molecule has 1 aromatic carbocycles. The van der Waals surface area contributed by atoms with Crippen LogP contribution in [0.2, 0.25) is 0 Å². The topological polar surface area (TPSA) is 84.3 Å². The molecule has 2 heterocycles. The highest BCUT2D eigenvalue weighted by Gasteiger charge is 2.34. The molecule has 2 N–H and O–H groups in total. The zero-order chi connectivity index (χ0) is 15.7. The summed E-state index contributed by atoms with van der Waals surface area (Å²) < 4.78 is 0. The van der Waals surface area contributed by atoms with E-state index in [1.165, 1.54) is 18.9 Å². The molecule has 2 aliphatic rings. The van der Waals surface area contributed by atoms with Gasteiger partial charge in [0.2, 0.25) is 5.91 Å². The Morgan fingerprint density at radius 3 is 2.61 bits per heavy atom. The van der Waals surface area contributed by atoms with Crippen molar-refractivity contribution >= 4 is 29.7 Å². The molecule has 0 aromatic heterocycles. The molecular formula is C16H22ClN3O3. The second-order valence-corrected chi connectivity index (χ2v) is 6.43. The lowest BCUT2D eigenvalue weighted by molar-refractivity contribution is -0.385. The number of fused-ring (bicyclic) bond motifs is 2. The fraction of sp³-hybridized carbons (Fsp3) is 0.562. The minimum absolute atomic E-state index is 0. The number of hydrogen-bond acceptors (Lipinski definition) is 4. The van der Waals surface area contributed by atoms with Crippen molar-refractivity contribution in [2.75, 3.05) is 5.32 Å². The first-order valence-electron chi connectivity index (χ1n) is 7.83. The van der Waals surface area contributed by atoms with Crippen LogP contribution in [0.25, 0.3) is 0 Å². The van der Waals surface area contributed by atoms with E-state index in [1.54, 1.807) is 19.1 Å². The molecular weight excluding hydrogens is 318 g/mol. The molecule has 126 valence electrons. The number of amides is 1. The van der Waals surface area contributed by atoms with Gasteiger partial charge in [0.1, 0.15) is 0 Å². The van der Waals surface area contributed by atoms with Crippen LogP contribution in [0.15, 0.2) is 18.2 Å². The lowest BCUT2D eigenvalue weighted by Gasteiger charge is -2.28. The van der Waals surface area contributed by atoms with Crippen molar-refractivity contribution in [2.24, 2.45) is 5.92 Å². The first-order chi connectivity index (χ1) is 10.5. The predicted molar refractivity (Wildman–Crippen MR) is 91.0 cm³/mol. The average molecular weight is 340 g/mol. The molecule has 0 radical (unpaired) electrons. The fourth-order valence-corrected chi connectivity index (χ4v) is 3.76. The van der Waals surface area contributed by atoms with Crippen LogP contribution in [-0.4, -0.2) is 22.9 Å². The number of nitrogens with zero attached hydrogens (tertiary/aromatic N) is 1. The van der Waals surface area contributed by atoms with Gasteiger partial charge in [0.25, 0.3) is 5.69 Å². The average Bonchev–Trinajstić information content (AvgIpc) is 2.80. The largest absolute Gasteiger partial charge is 0.326 e. The van der Waals surface area contributed by atoms with Crippen molar-refractivity contribution in [3.05, 3.63) is 33.9 Å². The van der Waals surface area contributed by atoms with Crippen LogP contribution in [0.3, 0.4) is 0 Å². The van der Waals surface area contributed by atoms with E-state index in [0.29, 0.717) is 35.7 Å². The number of nitro benzene ring substituents is 1. The van der Waals surface area contributed by atoms with Crippen LogP contribution in [0, 0.1) is 23.0 Å². The van der Waals surface area contributed by atoms with Gasteiger partial charge in [-0.05, 0) is 44.6 Å². The predicted octanol–water partition coefficient (Wildman–Crippen LogP) is 3.18. The Hall–Kier alpha value is -1.66. The fourth-order valence-electron chi connectivity index (χ4n) is 3.76. The third kappa shape index (κ3) is 4.00. The molecule has 7 heteroatoms. The monoisotopic (exact) mass is 339 g/mol. The van der Waals surface area contributed by atoms with Crippen molar-refractivity contribution in [3.63, 3.8) is 0 Å². The van der Waals surface area contributed by atoms with Crippen LogP contribution in [0.5, 0.6) is 0 Å². The van der Waals surface area contributed by atoms with Crippen molar-refractivity contribution < 1.29 is 9.72 Å². The van der Waals surface area contributed by atoms with Crippen LogP contribution >= 0.6 is 12.4 Å². The number of nitro groups is 1. The Morgan fingerprint density at radius 1 is 1.35 bits per heavy atom. The van der Waals surface area contributed by atoms with Gasteiger partial charge in [0.05, 0.1) is 16.2 Å². The molecule has 1 aromatic rings. The van der Waals surface area contributed by atoms with E-state index in [1.807, 2.05) is 0 Å². The summed E-state index contributed by atoms with van der Waals surface area (Å²) in [6.07, 6.45) is 5.03. The summed E-state index contributed by atoms with van der Waals surface area (Å²) in [6, 6.07) is 5.90. The van der Waals surface area contributed by atoms with E-state index in [9.17, 15) is 14.9 Å². The summed E-state index contributed by atoms with van der Waals surface area (Å²) in [5.41, 5.74) is 1.08. The molecule has 6 nitrogen and oxygen atoms in total. The quantitative estimate of drug-likeness (QED) is 0.651. The number of nitrogens with one attached hydrogen (secondary N) is 2. The molecule has 0 spiro atoms. The summed E-state index contributed by atoms with van der Waals surface area (Å²) in [6.45, 7) is 1.67. The molecule has 2 saturated heterocycles. The number of carbonyl (C=O) groups excluding carboxylic acids is 1. The smallest absolute Gasteiger partial charge is 0.274 e. The minimum atomic E-state index is -0.421. The molecule has 1 amide bonds. The number of hydrogen-bond donors (Lipinski definition) is 2. The molecule has 2 bridgehead atoms. The molecule has 0 aliphatic carbocycles. The molecule has 2 aliphatic heterocycles. The van der Waals surface area contributed by atoms with Crippen molar-refractivity contribution in [2.45, 2.75) is 51.1 Å². The van der Waals surface area contributed by atoms with Gasteiger partial charge in [-0.25, -0.2) is 0 Å². The number of benzene rings is 1. The number of rotatable bonds is 4. The van der Waals surface area contributed by atoms with Gasteiger partial charge in [0, 0.05) is 24.6 Å². The van der Waals surface area contributed by atoms with Crippen molar-refractivity contribution in [1.29, 1.82) is 0 Å². The first kappa shape index (κ1) is 17.7. The van der Waals surface area contributed by atoms with Gasteiger partial charge in [-0.2, -0.15) is 0 Å². The molecule has 23 heavy (non-hydrogen) atoms. The summed E-state index contributed by atoms with van der Waals surface area (Å²) in [5.74, 6) is 0.368. The summed E-state index contributed by atoms with van der Waals surface area (Å²) in [7, 11) is 0. The Kier molecular flexibility index (Phi) is 5.59. The first-order valence-corrected chi connectivity index (χ1v) is 7.83. The van der Waals surface area contributed by atoms with Crippen LogP contribution in [-0.2, 0) is 4.79 Å². The zero-order valence-electron chi connectivity index (χ0n) is 13.1. The number of piperidine rings is 1. The van der Waals surface area contributed by atoms with Gasteiger partial charge in [0.15, 0.2) is 0 Å². The highest BCUT2D eigenvalue weighted by molar-refractivity contribution is 5.92. The standard InChI is InChI=1S/C16H21N3O3.ClH/c1-10-14(3-2-4-15(10)19(21)22)18-16(20)9-11-7-12-5-6-13(8-11)17-12;/h2-4,11-13,17H,5-9H2,1H3,(H,18,20);1H. The summed E-state index contributed by atoms with van der Waals surface area (Å²) in [5, 5.41) is 17.3. The molecule has 2 fully saturated rings. The maximum absolute atomic E-state index is 12.2. The van der Waals surface area contributed by atoms with Gasteiger partial charge >= 0.3 is 0 Å². The Balaban J connectivity index is 0.00000192. The second-order valence-electron chi connectivity index (χ2n) is 6.43. The van der Waals surface area contributed by atoms with Gasteiger partial charge in [-0.3, -0.25) is 14.9 Å². The van der Waals surface area contributed by atoms with Gasteiger partial charge < -0.3 is 10.6 Å². The van der Waals surface area contributed by atoms with E-state index in [2.05, 4.69) is 10.6 Å². The molecule has 2 unspecified atom stereocenters. The van der Waals surface area contributed by atoms with Crippen molar-refractivity contribution in [3.8, 4) is 0 Å². The molecule has 2 atom stereocenters. The van der Waals surface area contributed by atoms with Gasteiger partial charge in [-0.15, -0.1) is 12.4 Å². The Bertz CT molecular complexity index is 596. The lowest BCUT2D eigenvalue weighted by atomic mass is 9.89. The second kappa shape index (κ2) is 7.27. The Labute approximate surface area is 141 Å². The minimum Gasteiger partial charge on any atom is -0.326 e. The normalized spacial score (nSPS) is 25.5.